The molecule has 0 amide bonds. The van der Waals surface area contributed by atoms with Gasteiger partial charge in [-0.25, -0.2) is 9.37 Å². The van der Waals surface area contributed by atoms with Gasteiger partial charge in [0.25, 0.3) is 0 Å². The predicted octanol–water partition coefficient (Wildman–Crippen LogP) is 6.32. The van der Waals surface area contributed by atoms with E-state index in [9.17, 15) is 22.4 Å². The molecule has 0 aliphatic carbocycles. The van der Waals surface area contributed by atoms with Crippen molar-refractivity contribution < 1.29 is 26.8 Å². The van der Waals surface area contributed by atoms with Gasteiger partial charge < -0.3 is 8.98 Å². The van der Waals surface area contributed by atoms with Crippen molar-refractivity contribution in [3.63, 3.8) is 0 Å². The summed E-state index contributed by atoms with van der Waals surface area (Å²) in [4.78, 5) is 16.0. The summed E-state index contributed by atoms with van der Waals surface area (Å²) in [5.74, 6) is -0.576. The Labute approximate surface area is 195 Å². The highest BCUT2D eigenvalue weighted by Gasteiger charge is 2.36. The largest absolute Gasteiger partial charge is 0.435 e. The third-order valence-electron chi connectivity index (χ3n) is 5.56. The highest BCUT2D eigenvalue weighted by molar-refractivity contribution is 5.98. The first-order chi connectivity index (χ1) is 16.6. The van der Waals surface area contributed by atoms with E-state index in [-0.39, 0.29) is 17.0 Å². The number of nitrogens with zero attached hydrogens (tertiary/aromatic N) is 4. The summed E-state index contributed by atoms with van der Waals surface area (Å²) in [6.07, 6.45) is -3.24. The number of carbonyl (C=O) groups excluding carboxylic acids is 1. The van der Waals surface area contributed by atoms with Crippen LogP contribution in [0.2, 0.25) is 0 Å². The van der Waals surface area contributed by atoms with E-state index in [1.807, 2.05) is 0 Å². The summed E-state index contributed by atoms with van der Waals surface area (Å²) in [5, 5.41) is 7.91. The van der Waals surface area contributed by atoms with Crippen LogP contribution in [0, 0.1) is 5.82 Å². The number of benzene rings is 3. The number of fused-ring (bicyclic) bond motifs is 1. The maximum Gasteiger partial charge on any atom is 0.420 e. The molecule has 0 aliphatic heterocycles. The van der Waals surface area contributed by atoms with Gasteiger partial charge in [0.2, 0.25) is 5.89 Å². The molecule has 5 aromatic rings. The van der Waals surface area contributed by atoms with Crippen LogP contribution >= 0.6 is 0 Å². The molecule has 10 heteroatoms. The molecule has 0 fully saturated rings. The maximum absolute atomic E-state index is 14.1. The Hall–Kier alpha value is -4.34. The zero-order valence-electron chi connectivity index (χ0n) is 18.4. The molecule has 2 heterocycles. The third-order valence-corrected chi connectivity index (χ3v) is 5.56. The van der Waals surface area contributed by atoms with Crippen molar-refractivity contribution >= 4 is 16.9 Å². The number of rotatable bonds is 4. The van der Waals surface area contributed by atoms with Crippen molar-refractivity contribution in [3.8, 4) is 34.0 Å². The molecule has 2 aromatic heterocycles. The van der Waals surface area contributed by atoms with Gasteiger partial charge in [0.05, 0.1) is 0 Å². The molecular weight excluding hydrogens is 464 g/mol. The van der Waals surface area contributed by atoms with Crippen molar-refractivity contribution in [1.29, 1.82) is 0 Å². The zero-order valence-corrected chi connectivity index (χ0v) is 18.4. The number of halogens is 4. The summed E-state index contributed by atoms with van der Waals surface area (Å²) in [5.41, 5.74) is 0.459. The van der Waals surface area contributed by atoms with Gasteiger partial charge in [-0.1, -0.05) is 18.2 Å². The van der Waals surface area contributed by atoms with E-state index in [0.29, 0.717) is 28.1 Å². The molecule has 5 rings (SSSR count). The van der Waals surface area contributed by atoms with Crippen molar-refractivity contribution in [3.05, 3.63) is 77.9 Å². The summed E-state index contributed by atoms with van der Waals surface area (Å²) >= 11 is 0. The van der Waals surface area contributed by atoms with E-state index in [4.69, 9.17) is 4.42 Å². The van der Waals surface area contributed by atoms with Crippen LogP contribution in [0.1, 0.15) is 22.8 Å². The lowest BCUT2D eigenvalue weighted by Gasteiger charge is -2.10. The van der Waals surface area contributed by atoms with E-state index in [2.05, 4.69) is 15.2 Å². The van der Waals surface area contributed by atoms with Crippen LogP contribution in [0.5, 0.6) is 0 Å². The van der Waals surface area contributed by atoms with Crippen molar-refractivity contribution in [2.75, 3.05) is 0 Å². The fourth-order valence-electron chi connectivity index (χ4n) is 3.87. The van der Waals surface area contributed by atoms with E-state index < -0.39 is 28.9 Å². The lowest BCUT2D eigenvalue weighted by molar-refractivity contribution is -0.136. The quantitative estimate of drug-likeness (QED) is 0.222. The second kappa shape index (κ2) is 8.15. The minimum atomic E-state index is -4.73. The van der Waals surface area contributed by atoms with Gasteiger partial charge in [-0.15, -0.1) is 10.2 Å². The SMILES string of the molecule is CC(=O)c1cc(C(F)(F)F)c2oc(-c3cccc(-c4ccc(F)cc4-c4nncn4C)c3)nc2c1. The zero-order chi connectivity index (χ0) is 24.9. The molecule has 0 saturated heterocycles. The standard InChI is InChI=1S/C25H16F4N4O2/c1-13(34)16-9-20(25(27,28)29)22-21(10-16)31-24(35-22)15-5-3-4-14(8-15)18-7-6-17(26)11-19(18)23-32-30-12-33(23)2/h3-12H,1-2H3. The first-order valence-electron chi connectivity index (χ1n) is 10.4. The molecular formula is C25H16F4N4O2. The minimum Gasteiger partial charge on any atom is -0.435 e. The Morgan fingerprint density at radius 2 is 1.77 bits per heavy atom. The smallest absolute Gasteiger partial charge is 0.420 e. The number of aromatic nitrogens is 4. The number of ketones is 1. The van der Waals surface area contributed by atoms with Gasteiger partial charge in [-0.05, 0) is 54.4 Å². The number of alkyl halides is 3. The fourth-order valence-corrected chi connectivity index (χ4v) is 3.87. The lowest BCUT2D eigenvalue weighted by atomic mass is 9.97. The molecule has 176 valence electrons. The first-order valence-corrected chi connectivity index (χ1v) is 10.4. The molecule has 0 unspecified atom stereocenters. The minimum absolute atomic E-state index is 0.0460. The monoisotopic (exact) mass is 480 g/mol. The fraction of sp³-hybridized carbons (Fsp3) is 0.120. The molecule has 3 aromatic carbocycles. The molecule has 0 atom stereocenters. The van der Waals surface area contributed by atoms with Crippen LogP contribution in [0.25, 0.3) is 45.1 Å². The van der Waals surface area contributed by atoms with Crippen LogP contribution in [-0.4, -0.2) is 25.5 Å². The van der Waals surface area contributed by atoms with E-state index in [1.54, 1.807) is 41.9 Å². The second-order valence-corrected chi connectivity index (χ2v) is 7.98. The van der Waals surface area contributed by atoms with Crippen LogP contribution in [0.3, 0.4) is 0 Å². The molecule has 0 bridgehead atoms. The van der Waals surface area contributed by atoms with E-state index in [1.165, 1.54) is 31.5 Å². The van der Waals surface area contributed by atoms with Crippen LogP contribution < -0.4 is 0 Å². The van der Waals surface area contributed by atoms with Gasteiger partial charge in [-0.3, -0.25) is 4.79 Å². The average molecular weight is 480 g/mol. The second-order valence-electron chi connectivity index (χ2n) is 7.98. The maximum atomic E-state index is 14.1. The van der Waals surface area contributed by atoms with Crippen LogP contribution in [-0.2, 0) is 13.2 Å². The first kappa shape index (κ1) is 22.5. The number of aryl methyl sites for hydroxylation is 1. The van der Waals surface area contributed by atoms with Crippen molar-refractivity contribution in [2.24, 2.45) is 7.05 Å². The number of hydrogen-bond donors (Lipinski definition) is 0. The average Bonchev–Trinajstić information content (AvgIpc) is 3.43. The molecule has 35 heavy (non-hydrogen) atoms. The highest BCUT2D eigenvalue weighted by Crippen LogP contribution is 2.39. The topological polar surface area (TPSA) is 73.8 Å². The van der Waals surface area contributed by atoms with Crippen LogP contribution in [0.15, 0.2) is 65.3 Å². The van der Waals surface area contributed by atoms with E-state index >= 15 is 0 Å². The molecule has 6 nitrogen and oxygen atoms in total. The Morgan fingerprint density at radius 3 is 2.46 bits per heavy atom. The number of Topliss-reactive ketones (excluding diaryl/α,β-unsaturated/α-hetero) is 1. The normalized spacial score (nSPS) is 11.8. The van der Waals surface area contributed by atoms with Gasteiger partial charge in [0.15, 0.2) is 17.2 Å². The summed E-state index contributed by atoms with van der Waals surface area (Å²) < 4.78 is 62.2. The summed E-state index contributed by atoms with van der Waals surface area (Å²) in [7, 11) is 1.73. The number of oxazole rings is 1. The predicted molar refractivity (Wildman–Crippen MR) is 120 cm³/mol. The van der Waals surface area contributed by atoms with Gasteiger partial charge >= 0.3 is 6.18 Å². The molecule has 0 spiro atoms. The Kier molecular flexibility index (Phi) is 5.23. The lowest BCUT2D eigenvalue weighted by Crippen LogP contribution is -2.07. The van der Waals surface area contributed by atoms with Crippen molar-refractivity contribution in [2.45, 2.75) is 13.1 Å². The summed E-state index contributed by atoms with van der Waals surface area (Å²) in [6, 6.07) is 13.0. The Balaban J connectivity index is 1.66. The number of hydrogen-bond acceptors (Lipinski definition) is 5. The van der Waals surface area contributed by atoms with Crippen molar-refractivity contribution in [1.82, 2.24) is 19.7 Å². The molecule has 0 N–H and O–H groups in total. The Morgan fingerprint density at radius 1 is 1.00 bits per heavy atom. The third kappa shape index (κ3) is 4.07. The Bertz CT molecular complexity index is 1600. The highest BCUT2D eigenvalue weighted by atomic mass is 19.4. The van der Waals surface area contributed by atoms with Gasteiger partial charge in [0, 0.05) is 23.7 Å². The molecule has 0 radical (unpaired) electrons. The van der Waals surface area contributed by atoms with Gasteiger partial charge in [-0.2, -0.15) is 13.2 Å². The van der Waals surface area contributed by atoms with E-state index in [0.717, 1.165) is 6.07 Å². The number of carbonyl (C=O) groups is 1. The molecule has 0 aliphatic rings. The summed E-state index contributed by atoms with van der Waals surface area (Å²) in [6.45, 7) is 1.18. The molecule has 0 saturated carbocycles. The van der Waals surface area contributed by atoms with Crippen LogP contribution in [0.4, 0.5) is 17.6 Å². The van der Waals surface area contributed by atoms with Gasteiger partial charge in [0.1, 0.15) is 23.2 Å².